The number of para-hydroxylation sites is 1. The molecule has 37 heavy (non-hydrogen) atoms. The molecule has 1 saturated heterocycles. The monoisotopic (exact) mass is 537 g/mol. The van der Waals surface area contributed by atoms with Crippen LogP contribution in [0.3, 0.4) is 0 Å². The maximum atomic E-state index is 14.0. The average molecular weight is 538 g/mol. The third-order valence-corrected chi connectivity index (χ3v) is 7.16. The van der Waals surface area contributed by atoms with Crippen molar-refractivity contribution >= 4 is 27.3 Å². The SMILES string of the molecule is O=C(COc1ccc(S(=O)(=O)Nc2cccc(C(F)(F)F)c2)cc1)N1CCN(c2ccccc2F)CC1. The summed E-state index contributed by atoms with van der Waals surface area (Å²) < 4.78 is 85.4. The molecule has 0 spiro atoms. The van der Waals surface area contributed by atoms with Crippen molar-refractivity contribution in [3.63, 3.8) is 0 Å². The molecule has 1 N–H and O–H groups in total. The molecule has 0 radical (unpaired) electrons. The van der Waals surface area contributed by atoms with Crippen LogP contribution in [0.5, 0.6) is 5.75 Å². The summed E-state index contributed by atoms with van der Waals surface area (Å²) in [7, 11) is -4.15. The maximum absolute atomic E-state index is 14.0. The summed E-state index contributed by atoms with van der Waals surface area (Å²) in [6.45, 7) is 1.47. The molecule has 0 saturated carbocycles. The number of piperazine rings is 1. The van der Waals surface area contributed by atoms with Crippen LogP contribution >= 0.6 is 0 Å². The summed E-state index contributed by atoms with van der Waals surface area (Å²) in [4.78, 5) is 15.8. The van der Waals surface area contributed by atoms with Crippen LogP contribution in [-0.2, 0) is 21.0 Å². The average Bonchev–Trinajstić information content (AvgIpc) is 2.87. The zero-order valence-corrected chi connectivity index (χ0v) is 20.2. The maximum Gasteiger partial charge on any atom is 0.416 e. The van der Waals surface area contributed by atoms with Gasteiger partial charge in [0.15, 0.2) is 6.61 Å². The topological polar surface area (TPSA) is 78.9 Å². The molecule has 1 fully saturated rings. The first-order valence-electron chi connectivity index (χ1n) is 11.2. The second kappa shape index (κ2) is 10.7. The van der Waals surface area contributed by atoms with Gasteiger partial charge < -0.3 is 14.5 Å². The molecule has 1 heterocycles. The molecule has 12 heteroatoms. The fraction of sp³-hybridized carbons (Fsp3) is 0.240. The highest BCUT2D eigenvalue weighted by Crippen LogP contribution is 2.31. The number of halogens is 4. The van der Waals surface area contributed by atoms with Crippen molar-refractivity contribution in [2.75, 3.05) is 42.4 Å². The quantitative estimate of drug-likeness (QED) is 0.453. The molecular weight excluding hydrogens is 514 g/mol. The van der Waals surface area contributed by atoms with Crippen LogP contribution in [-0.4, -0.2) is 52.0 Å². The van der Waals surface area contributed by atoms with Crippen LogP contribution in [0.4, 0.5) is 28.9 Å². The second-order valence-electron chi connectivity index (χ2n) is 8.26. The number of hydrogen-bond donors (Lipinski definition) is 1. The van der Waals surface area contributed by atoms with E-state index in [0.29, 0.717) is 37.9 Å². The van der Waals surface area contributed by atoms with Crippen molar-refractivity contribution in [2.45, 2.75) is 11.1 Å². The number of carbonyl (C=O) groups is 1. The van der Waals surface area contributed by atoms with E-state index in [0.717, 1.165) is 12.1 Å². The number of anilines is 2. The number of rotatable bonds is 7. The number of sulfonamides is 1. The number of ether oxygens (including phenoxy) is 1. The van der Waals surface area contributed by atoms with Gasteiger partial charge in [0.05, 0.1) is 16.1 Å². The van der Waals surface area contributed by atoms with E-state index in [1.807, 2.05) is 4.90 Å². The Balaban J connectivity index is 1.30. The van der Waals surface area contributed by atoms with Gasteiger partial charge in [-0.3, -0.25) is 9.52 Å². The fourth-order valence-electron chi connectivity index (χ4n) is 3.83. The Bertz CT molecular complexity index is 1360. The summed E-state index contributed by atoms with van der Waals surface area (Å²) in [6.07, 6.45) is -4.61. The first-order valence-corrected chi connectivity index (χ1v) is 12.7. The van der Waals surface area contributed by atoms with Crippen LogP contribution in [0.15, 0.2) is 77.7 Å². The van der Waals surface area contributed by atoms with E-state index in [2.05, 4.69) is 4.72 Å². The number of carbonyl (C=O) groups excluding carboxylic acids is 1. The van der Waals surface area contributed by atoms with E-state index in [9.17, 15) is 30.8 Å². The van der Waals surface area contributed by atoms with Crippen LogP contribution in [0.1, 0.15) is 5.56 Å². The number of benzene rings is 3. The lowest BCUT2D eigenvalue weighted by molar-refractivity contribution is -0.137. The molecule has 196 valence electrons. The van der Waals surface area contributed by atoms with E-state index in [1.165, 1.54) is 36.4 Å². The van der Waals surface area contributed by atoms with Crippen molar-refractivity contribution in [1.29, 1.82) is 0 Å². The highest BCUT2D eigenvalue weighted by molar-refractivity contribution is 7.92. The molecule has 7 nitrogen and oxygen atoms in total. The van der Waals surface area contributed by atoms with Crippen molar-refractivity contribution in [2.24, 2.45) is 0 Å². The fourth-order valence-corrected chi connectivity index (χ4v) is 4.88. The lowest BCUT2D eigenvalue weighted by Gasteiger charge is -2.36. The van der Waals surface area contributed by atoms with Crippen LogP contribution in [0.2, 0.25) is 0 Å². The lowest BCUT2D eigenvalue weighted by Crippen LogP contribution is -2.50. The minimum absolute atomic E-state index is 0.187. The third kappa shape index (κ3) is 6.50. The van der Waals surface area contributed by atoms with Gasteiger partial charge in [0.1, 0.15) is 11.6 Å². The Morgan fingerprint density at radius 2 is 1.59 bits per heavy atom. The number of alkyl halides is 3. The molecule has 1 amide bonds. The van der Waals surface area contributed by atoms with E-state index in [1.54, 1.807) is 23.1 Å². The van der Waals surface area contributed by atoms with Crippen LogP contribution < -0.4 is 14.4 Å². The zero-order chi connectivity index (χ0) is 26.6. The van der Waals surface area contributed by atoms with Crippen LogP contribution in [0.25, 0.3) is 0 Å². The van der Waals surface area contributed by atoms with Gasteiger partial charge in [0, 0.05) is 31.9 Å². The van der Waals surface area contributed by atoms with Gasteiger partial charge in [-0.25, -0.2) is 12.8 Å². The first-order chi connectivity index (χ1) is 17.5. The smallest absolute Gasteiger partial charge is 0.416 e. The Labute approximate surface area is 211 Å². The Morgan fingerprint density at radius 1 is 0.919 bits per heavy atom. The van der Waals surface area contributed by atoms with E-state index < -0.39 is 21.8 Å². The molecule has 3 aromatic rings. The largest absolute Gasteiger partial charge is 0.484 e. The first kappa shape index (κ1) is 26.3. The van der Waals surface area contributed by atoms with Gasteiger partial charge >= 0.3 is 6.18 Å². The molecule has 4 rings (SSSR count). The van der Waals surface area contributed by atoms with Gasteiger partial charge in [-0.2, -0.15) is 13.2 Å². The third-order valence-electron chi connectivity index (χ3n) is 5.76. The molecule has 0 aliphatic carbocycles. The van der Waals surface area contributed by atoms with Crippen molar-refractivity contribution in [1.82, 2.24) is 4.90 Å². The van der Waals surface area contributed by atoms with Gasteiger partial charge in [-0.15, -0.1) is 0 Å². The number of nitrogens with one attached hydrogen (secondary N) is 1. The minimum Gasteiger partial charge on any atom is -0.484 e. The number of amides is 1. The minimum atomic E-state index is -4.61. The summed E-state index contributed by atoms with van der Waals surface area (Å²) in [6, 6.07) is 15.5. The Hall–Kier alpha value is -3.80. The summed E-state index contributed by atoms with van der Waals surface area (Å²) in [5.74, 6) is -0.339. The standard InChI is InChI=1S/C25H23F4N3O4S/c26-22-6-1-2-7-23(22)31-12-14-32(15-13-31)24(33)17-36-20-8-10-21(11-9-20)37(34,35)30-19-5-3-4-18(16-19)25(27,28)29/h1-11,16,30H,12-15,17H2. The van der Waals surface area contributed by atoms with Gasteiger partial charge in [-0.05, 0) is 54.6 Å². The predicted octanol–water partition coefficient (Wildman–Crippen LogP) is 4.37. The molecule has 0 bridgehead atoms. The highest BCUT2D eigenvalue weighted by atomic mass is 32.2. The molecular formula is C25H23F4N3O4S. The van der Waals surface area contributed by atoms with E-state index in [-0.39, 0.29) is 34.7 Å². The van der Waals surface area contributed by atoms with Crippen molar-refractivity contribution < 1.29 is 35.5 Å². The lowest BCUT2D eigenvalue weighted by atomic mass is 10.2. The molecule has 0 unspecified atom stereocenters. The number of nitrogens with zero attached hydrogens (tertiary/aromatic N) is 2. The predicted molar refractivity (Wildman–Crippen MR) is 129 cm³/mol. The van der Waals surface area contributed by atoms with Gasteiger partial charge in [-0.1, -0.05) is 18.2 Å². The summed E-state index contributed by atoms with van der Waals surface area (Å²) >= 11 is 0. The Morgan fingerprint density at radius 3 is 2.24 bits per heavy atom. The van der Waals surface area contributed by atoms with E-state index >= 15 is 0 Å². The second-order valence-corrected chi connectivity index (χ2v) is 9.95. The zero-order valence-electron chi connectivity index (χ0n) is 19.4. The molecule has 1 aliphatic rings. The van der Waals surface area contributed by atoms with E-state index in [4.69, 9.17) is 4.74 Å². The van der Waals surface area contributed by atoms with Crippen LogP contribution in [0, 0.1) is 5.82 Å². The van der Waals surface area contributed by atoms with Crippen molar-refractivity contribution in [3.8, 4) is 5.75 Å². The Kier molecular flexibility index (Phi) is 7.58. The normalized spacial score (nSPS) is 14.4. The molecule has 3 aromatic carbocycles. The van der Waals surface area contributed by atoms with Crippen molar-refractivity contribution in [3.05, 3.63) is 84.2 Å². The summed E-state index contributed by atoms with van der Waals surface area (Å²) in [5, 5.41) is 0. The van der Waals surface area contributed by atoms with Gasteiger partial charge in [0.25, 0.3) is 15.9 Å². The van der Waals surface area contributed by atoms with Gasteiger partial charge in [0.2, 0.25) is 0 Å². The molecule has 0 atom stereocenters. The highest BCUT2D eigenvalue weighted by Gasteiger charge is 2.31. The molecule has 0 aromatic heterocycles. The molecule has 1 aliphatic heterocycles. The number of hydrogen-bond acceptors (Lipinski definition) is 5. The summed E-state index contributed by atoms with van der Waals surface area (Å²) in [5.41, 5.74) is -0.714.